The van der Waals surface area contributed by atoms with E-state index in [4.69, 9.17) is 17.4 Å². The molecule has 0 aliphatic rings. The van der Waals surface area contributed by atoms with Gasteiger partial charge in [0.05, 0.1) is 10.4 Å². The molecule has 0 spiro atoms. The topological polar surface area (TPSA) is 60.0 Å². The van der Waals surface area contributed by atoms with E-state index in [2.05, 4.69) is 5.43 Å². The molecule has 0 fully saturated rings. The van der Waals surface area contributed by atoms with Crippen LogP contribution in [0.2, 0.25) is 5.02 Å². The molecule has 4 nitrogen and oxygen atoms in total. The minimum Gasteiger partial charge on any atom is -0.345 e. The molecule has 2 aromatic rings. The van der Waals surface area contributed by atoms with E-state index in [1.165, 1.54) is 0 Å². The molecule has 0 unspecified atom stereocenters. The lowest BCUT2D eigenvalue weighted by molar-refractivity contribution is -0.130. The van der Waals surface area contributed by atoms with E-state index in [0.29, 0.717) is 11.6 Å². The standard InChI is InChI=1S/C13H16ClN3O/c1-13(2,12(18)16-15)8-17-7-10(14)9-5-3-4-6-11(9)17/h3-7H,8,15H2,1-2H3,(H,16,18). The number of nitrogens with two attached hydrogens (primary N) is 1. The molecule has 0 aliphatic heterocycles. The summed E-state index contributed by atoms with van der Waals surface area (Å²) in [4.78, 5) is 11.7. The van der Waals surface area contributed by atoms with Crippen LogP contribution in [-0.2, 0) is 11.3 Å². The molecule has 1 aromatic carbocycles. The summed E-state index contributed by atoms with van der Waals surface area (Å²) >= 11 is 6.17. The maximum absolute atomic E-state index is 11.7. The van der Waals surface area contributed by atoms with Crippen LogP contribution in [0, 0.1) is 5.41 Å². The maximum Gasteiger partial charge on any atom is 0.241 e. The average molecular weight is 266 g/mol. The molecule has 96 valence electrons. The Morgan fingerprint density at radius 2 is 2.11 bits per heavy atom. The van der Waals surface area contributed by atoms with Crippen molar-refractivity contribution in [1.82, 2.24) is 9.99 Å². The SMILES string of the molecule is CC(C)(Cn1cc(Cl)c2ccccc21)C(=O)NN. The van der Waals surface area contributed by atoms with E-state index < -0.39 is 5.41 Å². The van der Waals surface area contributed by atoms with Crippen LogP contribution in [-0.4, -0.2) is 10.5 Å². The van der Waals surface area contributed by atoms with Crippen molar-refractivity contribution in [2.75, 3.05) is 0 Å². The Morgan fingerprint density at radius 1 is 1.44 bits per heavy atom. The predicted octanol–water partition coefficient (Wildman–Crippen LogP) is 2.31. The lowest BCUT2D eigenvalue weighted by Gasteiger charge is -2.23. The highest BCUT2D eigenvalue weighted by Gasteiger charge is 2.28. The van der Waals surface area contributed by atoms with Gasteiger partial charge in [-0.2, -0.15) is 0 Å². The average Bonchev–Trinajstić information content (AvgIpc) is 2.65. The van der Waals surface area contributed by atoms with Crippen molar-refractivity contribution in [3.8, 4) is 0 Å². The minimum atomic E-state index is -0.597. The number of fused-ring (bicyclic) bond motifs is 1. The van der Waals surface area contributed by atoms with Crippen LogP contribution in [0.4, 0.5) is 0 Å². The summed E-state index contributed by atoms with van der Waals surface area (Å²) in [6.07, 6.45) is 1.85. The second-order valence-electron chi connectivity index (χ2n) is 4.98. The van der Waals surface area contributed by atoms with E-state index >= 15 is 0 Å². The molecule has 18 heavy (non-hydrogen) atoms. The molecule has 0 radical (unpaired) electrons. The van der Waals surface area contributed by atoms with Crippen LogP contribution in [0.5, 0.6) is 0 Å². The third-order valence-corrected chi connectivity index (χ3v) is 3.35. The fourth-order valence-corrected chi connectivity index (χ4v) is 2.30. The van der Waals surface area contributed by atoms with Crippen LogP contribution in [0.3, 0.4) is 0 Å². The number of carbonyl (C=O) groups excluding carboxylic acids is 1. The summed E-state index contributed by atoms with van der Waals surface area (Å²) in [5.41, 5.74) is 2.61. The number of nitrogens with zero attached hydrogens (tertiary/aromatic N) is 1. The first-order valence-corrected chi connectivity index (χ1v) is 6.08. The molecule has 0 atom stereocenters. The zero-order valence-electron chi connectivity index (χ0n) is 10.4. The summed E-state index contributed by atoms with van der Waals surface area (Å²) in [6, 6.07) is 7.84. The van der Waals surface area contributed by atoms with E-state index in [1.807, 2.05) is 48.9 Å². The van der Waals surface area contributed by atoms with Gasteiger partial charge in [0.2, 0.25) is 5.91 Å². The normalized spacial score (nSPS) is 11.8. The van der Waals surface area contributed by atoms with Crippen molar-refractivity contribution >= 4 is 28.4 Å². The number of amides is 1. The molecule has 0 bridgehead atoms. The lowest BCUT2D eigenvalue weighted by Crippen LogP contribution is -2.43. The zero-order valence-corrected chi connectivity index (χ0v) is 11.2. The highest BCUT2D eigenvalue weighted by molar-refractivity contribution is 6.35. The molecule has 0 saturated heterocycles. The van der Waals surface area contributed by atoms with Crippen molar-refractivity contribution in [3.63, 3.8) is 0 Å². The number of nitrogens with one attached hydrogen (secondary N) is 1. The second kappa shape index (κ2) is 4.63. The van der Waals surface area contributed by atoms with Gasteiger partial charge in [-0.3, -0.25) is 10.2 Å². The van der Waals surface area contributed by atoms with Crippen molar-refractivity contribution in [2.24, 2.45) is 11.3 Å². The molecule has 0 saturated carbocycles. The number of hydrogen-bond acceptors (Lipinski definition) is 2. The number of para-hydroxylation sites is 1. The Balaban J connectivity index is 2.41. The van der Waals surface area contributed by atoms with Crippen molar-refractivity contribution in [3.05, 3.63) is 35.5 Å². The van der Waals surface area contributed by atoms with Crippen molar-refractivity contribution < 1.29 is 4.79 Å². The van der Waals surface area contributed by atoms with E-state index in [9.17, 15) is 4.79 Å². The number of aromatic nitrogens is 1. The fourth-order valence-electron chi connectivity index (χ4n) is 2.03. The van der Waals surface area contributed by atoms with Crippen LogP contribution in [0.15, 0.2) is 30.5 Å². The van der Waals surface area contributed by atoms with Gasteiger partial charge < -0.3 is 4.57 Å². The van der Waals surface area contributed by atoms with Crippen LogP contribution in [0.25, 0.3) is 10.9 Å². The Bertz CT molecular complexity index is 589. The fraction of sp³-hybridized carbons (Fsp3) is 0.308. The second-order valence-corrected chi connectivity index (χ2v) is 5.39. The number of carbonyl (C=O) groups is 1. The Labute approximate surface area is 111 Å². The van der Waals surface area contributed by atoms with Gasteiger partial charge in [0.15, 0.2) is 0 Å². The summed E-state index contributed by atoms with van der Waals surface area (Å²) in [5.74, 6) is 5.00. The summed E-state index contributed by atoms with van der Waals surface area (Å²) < 4.78 is 1.98. The highest BCUT2D eigenvalue weighted by Crippen LogP contribution is 2.28. The first-order chi connectivity index (χ1) is 8.45. The maximum atomic E-state index is 11.7. The Morgan fingerprint density at radius 3 is 2.78 bits per heavy atom. The van der Waals surface area contributed by atoms with E-state index in [-0.39, 0.29) is 5.91 Å². The predicted molar refractivity (Wildman–Crippen MR) is 73.1 cm³/mol. The summed E-state index contributed by atoms with van der Waals surface area (Å²) in [6.45, 7) is 4.21. The largest absolute Gasteiger partial charge is 0.345 e. The first kappa shape index (κ1) is 12.9. The third-order valence-electron chi connectivity index (χ3n) is 3.05. The van der Waals surface area contributed by atoms with Gasteiger partial charge in [0, 0.05) is 23.6 Å². The molecule has 1 aromatic heterocycles. The molecular formula is C13H16ClN3O. The quantitative estimate of drug-likeness (QED) is 0.508. The van der Waals surface area contributed by atoms with Gasteiger partial charge in [-0.05, 0) is 19.9 Å². The molecular weight excluding hydrogens is 250 g/mol. The van der Waals surface area contributed by atoms with Crippen LogP contribution >= 0.6 is 11.6 Å². The van der Waals surface area contributed by atoms with E-state index in [1.54, 1.807) is 0 Å². The Hall–Kier alpha value is -1.52. The van der Waals surface area contributed by atoms with Crippen molar-refractivity contribution in [1.29, 1.82) is 0 Å². The monoisotopic (exact) mass is 265 g/mol. The first-order valence-electron chi connectivity index (χ1n) is 5.70. The van der Waals surface area contributed by atoms with Crippen molar-refractivity contribution in [2.45, 2.75) is 20.4 Å². The molecule has 1 heterocycles. The number of hydrogen-bond donors (Lipinski definition) is 2. The van der Waals surface area contributed by atoms with Gasteiger partial charge in [-0.15, -0.1) is 0 Å². The minimum absolute atomic E-state index is 0.198. The number of benzene rings is 1. The van der Waals surface area contributed by atoms with Gasteiger partial charge in [0.1, 0.15) is 0 Å². The Kier molecular flexibility index (Phi) is 3.32. The number of rotatable bonds is 3. The smallest absolute Gasteiger partial charge is 0.241 e. The van der Waals surface area contributed by atoms with Gasteiger partial charge in [0.25, 0.3) is 0 Å². The van der Waals surface area contributed by atoms with Crippen LogP contribution < -0.4 is 11.3 Å². The van der Waals surface area contributed by atoms with Crippen LogP contribution in [0.1, 0.15) is 13.8 Å². The molecule has 1 amide bonds. The summed E-state index contributed by atoms with van der Waals surface area (Å²) in [7, 11) is 0. The molecule has 5 heteroatoms. The molecule has 3 N–H and O–H groups in total. The molecule has 0 aliphatic carbocycles. The van der Waals surface area contributed by atoms with Gasteiger partial charge in [-0.1, -0.05) is 29.8 Å². The number of halogens is 1. The zero-order chi connectivity index (χ0) is 13.3. The number of hydrazine groups is 1. The summed E-state index contributed by atoms with van der Waals surface area (Å²) in [5, 5.41) is 1.68. The van der Waals surface area contributed by atoms with Gasteiger partial charge >= 0.3 is 0 Å². The highest BCUT2D eigenvalue weighted by atomic mass is 35.5. The molecule has 2 rings (SSSR count). The third kappa shape index (κ3) is 2.21. The lowest BCUT2D eigenvalue weighted by atomic mass is 9.92. The van der Waals surface area contributed by atoms with E-state index in [0.717, 1.165) is 10.9 Å². The van der Waals surface area contributed by atoms with Gasteiger partial charge in [-0.25, -0.2) is 5.84 Å².